The Morgan fingerprint density at radius 3 is 1.25 bits per heavy atom. The molecule has 6 rings (SSSR count). The van der Waals surface area contributed by atoms with Crippen molar-refractivity contribution in [1.29, 1.82) is 0 Å². The Kier molecular flexibility index (Phi) is 16.2. The molecule has 0 aromatic carbocycles. The Morgan fingerprint density at radius 2 is 0.895 bits per heavy atom. The number of nitrogens with zero attached hydrogens (tertiary/aromatic N) is 8. The fourth-order valence-electron chi connectivity index (χ4n) is 5.11. The van der Waals surface area contributed by atoms with E-state index in [0.717, 1.165) is 34.4 Å². The van der Waals surface area contributed by atoms with Gasteiger partial charge in [0.1, 0.15) is 60.3 Å². The fourth-order valence-corrected chi connectivity index (χ4v) is 10.1. The molecule has 0 amide bonds. The van der Waals surface area contributed by atoms with Crippen molar-refractivity contribution in [2.45, 2.75) is 49.1 Å². The molecule has 2 fully saturated rings. The first-order valence-electron chi connectivity index (χ1n) is 14.3. The van der Waals surface area contributed by atoms with E-state index in [2.05, 4.69) is 51.9 Å². The lowest BCUT2D eigenvalue weighted by molar-refractivity contribution is -0.0505. The summed E-state index contributed by atoms with van der Waals surface area (Å²) in [5.74, 6) is -0.0284. The predicted molar refractivity (Wildman–Crippen MR) is 186 cm³/mol. The van der Waals surface area contributed by atoms with Crippen LogP contribution in [0.3, 0.4) is 0 Å². The van der Waals surface area contributed by atoms with Gasteiger partial charge in [0, 0.05) is 0 Å². The molecule has 2 aliphatic rings. The van der Waals surface area contributed by atoms with Crippen molar-refractivity contribution in [2.24, 2.45) is 0 Å². The van der Waals surface area contributed by atoms with Crippen LogP contribution in [-0.4, -0.2) is 129 Å². The second-order valence-electron chi connectivity index (χ2n) is 11.0. The zero-order chi connectivity index (χ0) is 38.7. The second kappa shape index (κ2) is 18.4. The number of phosphoric ester groups is 2. The third-order valence-electron chi connectivity index (χ3n) is 7.42. The van der Waals surface area contributed by atoms with Gasteiger partial charge in [-0.3, -0.25) is 18.2 Å². The molecule has 37 heteroatoms. The number of phosphoric acid groups is 4. The van der Waals surface area contributed by atoms with Crippen molar-refractivity contribution < 1.29 is 89.7 Å². The Balaban J connectivity index is 0.00000280. The van der Waals surface area contributed by atoms with E-state index in [1.807, 2.05) is 0 Å². The van der Waals surface area contributed by atoms with Gasteiger partial charge in [0.2, 0.25) is 0 Å². The van der Waals surface area contributed by atoms with Crippen LogP contribution in [0.2, 0.25) is 0 Å². The Labute approximate surface area is 317 Å². The summed E-state index contributed by atoms with van der Waals surface area (Å²) in [6.07, 6.45) is -8.58. The molecule has 4 aromatic rings. The summed E-state index contributed by atoms with van der Waals surface area (Å²) < 4.78 is 83.4. The van der Waals surface area contributed by atoms with Gasteiger partial charge in [-0.05, 0) is 0 Å². The number of nitrogen functional groups attached to an aromatic ring is 2. The van der Waals surface area contributed by atoms with Crippen LogP contribution < -0.4 is 36.1 Å². The summed E-state index contributed by atoms with van der Waals surface area (Å²) in [6, 6.07) is 0. The largest absolute Gasteiger partial charge is 0.490 e. The zero-order valence-electron chi connectivity index (χ0n) is 28.8. The molecule has 57 heavy (non-hydrogen) atoms. The highest BCUT2D eigenvalue weighted by atomic mass is 31.3. The van der Waals surface area contributed by atoms with E-state index >= 15 is 0 Å². The first kappa shape index (κ1) is 50.0. The molecule has 2 aliphatic heterocycles. The molecular formula is C20H40N14O19P4. The molecule has 24 N–H and O–H groups in total. The van der Waals surface area contributed by atoms with Crippen LogP contribution in [0.25, 0.3) is 22.3 Å². The van der Waals surface area contributed by atoms with Crippen LogP contribution in [-0.2, 0) is 49.7 Å². The van der Waals surface area contributed by atoms with Crippen molar-refractivity contribution in [3.63, 3.8) is 0 Å². The maximum absolute atomic E-state index is 12.4. The first-order chi connectivity index (χ1) is 24.7. The minimum absolute atomic E-state index is 0. The average Bonchev–Trinajstić information content (AvgIpc) is 3.80. The lowest BCUT2D eigenvalue weighted by Crippen LogP contribution is -2.33. The van der Waals surface area contributed by atoms with E-state index in [4.69, 9.17) is 20.9 Å². The Hall–Kier alpha value is -3.14. The quantitative estimate of drug-likeness (QED) is 0.0621. The molecule has 324 valence electrons. The van der Waals surface area contributed by atoms with Crippen molar-refractivity contribution >= 4 is 65.3 Å². The summed E-state index contributed by atoms with van der Waals surface area (Å²) in [7, 11) is -23.9. The van der Waals surface area contributed by atoms with Gasteiger partial charge in [0.25, 0.3) is 0 Å². The van der Waals surface area contributed by atoms with Gasteiger partial charge in [-0.1, -0.05) is 0 Å². The minimum Gasteiger partial charge on any atom is -0.387 e. The maximum Gasteiger partial charge on any atom is 0.490 e. The molecule has 0 radical (unpaired) electrons. The molecular weight excluding hydrogens is 864 g/mol. The lowest BCUT2D eigenvalue weighted by Gasteiger charge is -2.21. The van der Waals surface area contributed by atoms with Crippen LogP contribution in [0.15, 0.2) is 25.3 Å². The SMILES string of the molecule is N.N.N.N.Nc1ncnc2c1ncn2[C@@H]1O[C@H](COP(=O)(O)OP(=O)(O)OP(=O)(O)OP(=O)(O)OC[C@H]2O[C@@H](n3cnc4c(N)ncnc43)[C@H](O)[C@@H]2O)[C@@H](O)[C@H]1O. The smallest absolute Gasteiger partial charge is 0.387 e. The molecule has 12 atom stereocenters. The summed E-state index contributed by atoms with van der Waals surface area (Å²) in [5.41, 5.74) is 11.9. The number of ether oxygens (including phenoxy) is 2. The molecule has 0 saturated carbocycles. The molecule has 6 heterocycles. The molecule has 0 bridgehead atoms. The van der Waals surface area contributed by atoms with E-state index in [1.165, 1.54) is 0 Å². The standard InChI is InChI=1S/C20H28N10O19P4.4H3N/c21-15-9-17(25-3-23-15)29(5-27-9)19-13(33)11(31)7(45-19)1-43-50(35,36)47-52(39,40)49-53(41,42)48-51(37,38)44-2-8-12(32)14(34)20(46-8)30-6-28-10-16(22)24-4-26-18(10)30;;;;/h3-8,11-14,19-20,31-34H,1-2H2,(H,35,36)(H,37,38)(H,39,40)(H,41,42)(H2,21,23,25)(H2,22,24,26);4*1H3/t7-,8-,11-,12-,13-,14-,19-,20-;;;;/m1..../s1. The van der Waals surface area contributed by atoms with E-state index in [0.29, 0.717) is 0 Å². The van der Waals surface area contributed by atoms with Crippen molar-refractivity contribution in [2.75, 3.05) is 24.7 Å². The van der Waals surface area contributed by atoms with Crippen LogP contribution in [0.1, 0.15) is 12.5 Å². The number of fused-ring (bicyclic) bond motifs is 2. The average molecular weight is 905 g/mol. The number of aliphatic hydroxyl groups excluding tert-OH is 4. The molecule has 0 spiro atoms. The number of anilines is 2. The highest BCUT2D eigenvalue weighted by Gasteiger charge is 2.50. The van der Waals surface area contributed by atoms with Crippen molar-refractivity contribution in [3.05, 3.63) is 25.3 Å². The van der Waals surface area contributed by atoms with Crippen molar-refractivity contribution in [1.82, 2.24) is 63.6 Å². The highest BCUT2D eigenvalue weighted by Crippen LogP contribution is 2.71. The van der Waals surface area contributed by atoms with Gasteiger partial charge in [-0.2, -0.15) is 12.9 Å². The summed E-state index contributed by atoms with van der Waals surface area (Å²) in [5, 5.41) is 41.8. The fraction of sp³-hybridized carbons (Fsp3) is 0.500. The van der Waals surface area contributed by atoms with E-state index in [1.54, 1.807) is 0 Å². The minimum atomic E-state index is -6.19. The van der Waals surface area contributed by atoms with Crippen LogP contribution in [0.5, 0.6) is 0 Å². The third kappa shape index (κ3) is 10.7. The van der Waals surface area contributed by atoms with E-state index in [9.17, 15) is 58.3 Å². The molecule has 4 unspecified atom stereocenters. The first-order valence-corrected chi connectivity index (χ1v) is 20.3. The predicted octanol–water partition coefficient (Wildman–Crippen LogP) is -1.80. The Bertz CT molecular complexity index is 2050. The molecule has 4 aromatic heterocycles. The zero-order valence-corrected chi connectivity index (χ0v) is 32.3. The highest BCUT2D eigenvalue weighted by molar-refractivity contribution is 7.69. The van der Waals surface area contributed by atoms with Gasteiger partial charge in [0.05, 0.1) is 25.9 Å². The summed E-state index contributed by atoms with van der Waals surface area (Å²) >= 11 is 0. The molecule has 2 saturated heterocycles. The molecule has 33 nitrogen and oxygen atoms in total. The number of aliphatic hydroxyl groups is 4. The summed E-state index contributed by atoms with van der Waals surface area (Å²) in [6.45, 7) is -2.22. The Morgan fingerprint density at radius 1 is 0.561 bits per heavy atom. The molecule has 0 aliphatic carbocycles. The number of hydrogen-bond donors (Lipinski definition) is 14. The van der Waals surface area contributed by atoms with Crippen LogP contribution in [0, 0.1) is 0 Å². The lowest BCUT2D eigenvalue weighted by atomic mass is 10.1. The normalized spacial score (nSPS) is 28.8. The van der Waals surface area contributed by atoms with E-state index < -0.39 is 93.6 Å². The maximum atomic E-state index is 12.4. The number of aromatic nitrogens is 8. The van der Waals surface area contributed by atoms with Gasteiger partial charge >= 0.3 is 31.3 Å². The second-order valence-corrected chi connectivity index (χ2v) is 17.2. The topological polar surface area (TPSA) is 574 Å². The third-order valence-corrected chi connectivity index (χ3v) is 13.3. The number of hydrogen-bond acceptors (Lipinski definition) is 27. The van der Waals surface area contributed by atoms with Gasteiger partial charge < -0.3 is 85.5 Å². The number of rotatable bonds is 14. The number of imidazole rings is 2. The summed E-state index contributed by atoms with van der Waals surface area (Å²) in [4.78, 5) is 63.0. The van der Waals surface area contributed by atoms with Gasteiger partial charge in [0.15, 0.2) is 35.4 Å². The van der Waals surface area contributed by atoms with Crippen molar-refractivity contribution in [3.8, 4) is 0 Å². The van der Waals surface area contributed by atoms with Gasteiger partial charge in [-0.25, -0.2) is 48.2 Å². The number of nitrogens with two attached hydrogens (primary N) is 2. The van der Waals surface area contributed by atoms with Gasteiger partial charge in [-0.15, -0.1) is 0 Å². The van der Waals surface area contributed by atoms with Crippen LogP contribution >= 0.6 is 31.3 Å². The monoisotopic (exact) mass is 904 g/mol. The van der Waals surface area contributed by atoms with E-state index in [-0.39, 0.29) is 58.6 Å². The van der Waals surface area contributed by atoms with Crippen LogP contribution in [0.4, 0.5) is 11.6 Å².